The summed E-state index contributed by atoms with van der Waals surface area (Å²) in [5.74, 6) is 1.62. The van der Waals surface area contributed by atoms with Gasteiger partial charge in [0.05, 0.1) is 13.2 Å². The molecule has 1 atom stereocenters. The van der Waals surface area contributed by atoms with Crippen LogP contribution in [0.5, 0.6) is 11.5 Å². The molecule has 0 saturated carbocycles. The third kappa shape index (κ3) is 3.40. The maximum atomic E-state index is 10.9. The van der Waals surface area contributed by atoms with Crippen LogP contribution in [0, 0.1) is 0 Å². The number of hydrogen-bond donors (Lipinski definition) is 2. The third-order valence-electron chi connectivity index (χ3n) is 4.47. The predicted octanol–water partition coefficient (Wildman–Crippen LogP) is 4.55. The van der Waals surface area contributed by atoms with Crippen LogP contribution in [0.15, 0.2) is 79.1 Å². The number of fused-ring (bicyclic) bond motifs is 1. The quantitative estimate of drug-likeness (QED) is 0.549. The van der Waals surface area contributed by atoms with E-state index in [1.807, 2.05) is 66.7 Å². The van der Waals surface area contributed by atoms with Gasteiger partial charge in [-0.3, -0.25) is 4.98 Å². The van der Waals surface area contributed by atoms with Gasteiger partial charge in [-0.15, -0.1) is 0 Å². The molecule has 0 bridgehead atoms. The van der Waals surface area contributed by atoms with Crippen molar-refractivity contribution in [3.05, 3.63) is 90.3 Å². The van der Waals surface area contributed by atoms with Gasteiger partial charge in [-0.1, -0.05) is 36.4 Å². The number of aromatic nitrogens is 2. The normalized spacial score (nSPS) is 11.9. The van der Waals surface area contributed by atoms with E-state index < -0.39 is 0 Å². The minimum atomic E-state index is -0.318. The lowest BCUT2D eigenvalue weighted by molar-refractivity contribution is 0.414. The number of anilines is 1. The molecule has 0 aliphatic heterocycles. The second-order valence-electron chi connectivity index (χ2n) is 6.15. The van der Waals surface area contributed by atoms with Gasteiger partial charge in [0.25, 0.3) is 0 Å². The molecule has 4 rings (SSSR count). The number of pyridine rings is 2. The highest BCUT2D eigenvalue weighted by Crippen LogP contribution is 2.36. The van der Waals surface area contributed by atoms with Crippen molar-refractivity contribution in [2.24, 2.45) is 0 Å². The number of hydrogen-bond acceptors (Lipinski definition) is 5. The first-order valence-corrected chi connectivity index (χ1v) is 8.64. The number of ether oxygens (including phenoxy) is 1. The summed E-state index contributed by atoms with van der Waals surface area (Å²) in [5, 5.41) is 15.2. The molecule has 0 aliphatic carbocycles. The molecule has 5 nitrogen and oxygen atoms in total. The number of methoxy groups -OCH3 is 1. The van der Waals surface area contributed by atoms with Crippen LogP contribution >= 0.6 is 0 Å². The average Bonchev–Trinajstić information content (AvgIpc) is 2.74. The SMILES string of the molecule is COc1cccc([C@@H](Nc2ccccn2)c2ccc3cccnc3c2O)c1. The topological polar surface area (TPSA) is 67.3 Å². The van der Waals surface area contributed by atoms with Gasteiger partial charge < -0.3 is 15.2 Å². The van der Waals surface area contributed by atoms with E-state index in [2.05, 4.69) is 15.3 Å². The molecule has 0 amide bonds. The van der Waals surface area contributed by atoms with Gasteiger partial charge in [0, 0.05) is 23.3 Å². The zero-order valence-electron chi connectivity index (χ0n) is 14.8. The Morgan fingerprint density at radius 2 is 1.81 bits per heavy atom. The van der Waals surface area contributed by atoms with E-state index >= 15 is 0 Å². The Kier molecular flexibility index (Phi) is 4.58. The molecule has 2 N–H and O–H groups in total. The summed E-state index contributed by atoms with van der Waals surface area (Å²) < 4.78 is 5.37. The van der Waals surface area contributed by atoms with Crippen molar-refractivity contribution >= 4 is 16.7 Å². The molecular weight excluding hydrogens is 338 g/mol. The minimum Gasteiger partial charge on any atom is -0.505 e. The molecule has 2 aromatic heterocycles. The Hall–Kier alpha value is -3.60. The van der Waals surface area contributed by atoms with Crippen LogP contribution in [0.1, 0.15) is 17.2 Å². The van der Waals surface area contributed by atoms with Gasteiger partial charge in [-0.25, -0.2) is 4.98 Å². The van der Waals surface area contributed by atoms with Crippen molar-refractivity contribution < 1.29 is 9.84 Å². The summed E-state index contributed by atoms with van der Waals surface area (Å²) in [7, 11) is 1.64. The van der Waals surface area contributed by atoms with Crippen molar-refractivity contribution in [2.75, 3.05) is 12.4 Å². The summed E-state index contributed by atoms with van der Waals surface area (Å²) in [5.41, 5.74) is 2.25. The van der Waals surface area contributed by atoms with Crippen LogP contribution in [0.4, 0.5) is 5.82 Å². The Bertz CT molecular complexity index is 1070. The van der Waals surface area contributed by atoms with Crippen LogP contribution in [-0.4, -0.2) is 22.2 Å². The summed E-state index contributed by atoms with van der Waals surface area (Å²) in [6.07, 6.45) is 3.41. The number of nitrogens with zero attached hydrogens (tertiary/aromatic N) is 2. The summed E-state index contributed by atoms with van der Waals surface area (Å²) in [6, 6.07) is 20.8. The molecule has 0 saturated heterocycles. The van der Waals surface area contributed by atoms with Gasteiger partial charge in [0.1, 0.15) is 22.8 Å². The Balaban J connectivity index is 1.86. The number of aromatic hydroxyl groups is 1. The maximum Gasteiger partial charge on any atom is 0.147 e. The number of benzene rings is 2. The molecule has 0 spiro atoms. The van der Waals surface area contributed by atoms with Gasteiger partial charge in [-0.05, 0) is 35.9 Å². The van der Waals surface area contributed by atoms with E-state index in [0.29, 0.717) is 11.3 Å². The molecule has 0 fully saturated rings. The van der Waals surface area contributed by atoms with Crippen molar-refractivity contribution in [3.63, 3.8) is 0 Å². The van der Waals surface area contributed by atoms with E-state index in [1.165, 1.54) is 0 Å². The standard InChI is InChI=1S/C22H19N3O2/c1-27-17-8-4-6-16(14-17)20(25-19-9-2-3-12-23-19)18-11-10-15-7-5-13-24-21(15)22(18)26/h2-14,20,26H,1H3,(H,23,25)/t20-/m1/s1. The Labute approximate surface area is 157 Å². The van der Waals surface area contributed by atoms with Crippen molar-refractivity contribution in [3.8, 4) is 11.5 Å². The first kappa shape index (κ1) is 16.8. The van der Waals surface area contributed by atoms with E-state index in [4.69, 9.17) is 4.74 Å². The van der Waals surface area contributed by atoms with Gasteiger partial charge in [-0.2, -0.15) is 0 Å². The minimum absolute atomic E-state index is 0.157. The first-order chi connectivity index (χ1) is 13.3. The fraction of sp³-hybridized carbons (Fsp3) is 0.0909. The molecule has 0 radical (unpaired) electrons. The second-order valence-corrected chi connectivity index (χ2v) is 6.15. The molecule has 134 valence electrons. The fourth-order valence-corrected chi connectivity index (χ4v) is 3.14. The lowest BCUT2D eigenvalue weighted by Gasteiger charge is -2.22. The van der Waals surface area contributed by atoms with E-state index in [9.17, 15) is 5.11 Å². The van der Waals surface area contributed by atoms with Crippen LogP contribution in [-0.2, 0) is 0 Å². The lowest BCUT2D eigenvalue weighted by Crippen LogP contribution is -2.13. The molecule has 4 aromatic rings. The van der Waals surface area contributed by atoms with Crippen molar-refractivity contribution in [1.29, 1.82) is 0 Å². The molecule has 2 heterocycles. The zero-order chi connectivity index (χ0) is 18.6. The van der Waals surface area contributed by atoms with Crippen LogP contribution in [0.3, 0.4) is 0 Å². The van der Waals surface area contributed by atoms with E-state index in [-0.39, 0.29) is 11.8 Å². The van der Waals surface area contributed by atoms with Crippen molar-refractivity contribution in [2.45, 2.75) is 6.04 Å². The van der Waals surface area contributed by atoms with Crippen LogP contribution < -0.4 is 10.1 Å². The summed E-state index contributed by atoms with van der Waals surface area (Å²) in [6.45, 7) is 0. The number of phenolic OH excluding ortho intramolecular Hbond substituents is 1. The Morgan fingerprint density at radius 1 is 0.926 bits per heavy atom. The maximum absolute atomic E-state index is 10.9. The Morgan fingerprint density at radius 3 is 2.63 bits per heavy atom. The smallest absolute Gasteiger partial charge is 0.147 e. The highest BCUT2D eigenvalue weighted by atomic mass is 16.5. The first-order valence-electron chi connectivity index (χ1n) is 8.64. The van der Waals surface area contributed by atoms with Crippen LogP contribution in [0.2, 0.25) is 0 Å². The number of rotatable bonds is 5. The monoisotopic (exact) mass is 357 g/mol. The van der Waals surface area contributed by atoms with Crippen LogP contribution in [0.25, 0.3) is 10.9 Å². The highest BCUT2D eigenvalue weighted by Gasteiger charge is 2.20. The van der Waals surface area contributed by atoms with E-state index in [0.717, 1.165) is 22.3 Å². The largest absolute Gasteiger partial charge is 0.505 e. The molecule has 5 heteroatoms. The van der Waals surface area contributed by atoms with Gasteiger partial charge in [0.2, 0.25) is 0 Å². The zero-order valence-corrected chi connectivity index (χ0v) is 14.8. The third-order valence-corrected chi connectivity index (χ3v) is 4.47. The molecule has 27 heavy (non-hydrogen) atoms. The number of nitrogens with one attached hydrogen (secondary N) is 1. The van der Waals surface area contributed by atoms with Gasteiger partial charge in [0.15, 0.2) is 0 Å². The van der Waals surface area contributed by atoms with Gasteiger partial charge >= 0.3 is 0 Å². The number of phenols is 1. The average molecular weight is 357 g/mol. The summed E-state index contributed by atoms with van der Waals surface area (Å²) >= 11 is 0. The molecule has 0 unspecified atom stereocenters. The molecular formula is C22H19N3O2. The highest BCUT2D eigenvalue weighted by molar-refractivity contribution is 5.86. The molecule has 0 aliphatic rings. The van der Waals surface area contributed by atoms with Crippen molar-refractivity contribution in [1.82, 2.24) is 9.97 Å². The second kappa shape index (κ2) is 7.33. The molecule has 2 aromatic carbocycles. The van der Waals surface area contributed by atoms with E-state index in [1.54, 1.807) is 19.5 Å². The fourth-order valence-electron chi connectivity index (χ4n) is 3.14. The lowest BCUT2D eigenvalue weighted by atomic mass is 9.96. The summed E-state index contributed by atoms with van der Waals surface area (Å²) in [4.78, 5) is 8.70. The predicted molar refractivity (Wildman–Crippen MR) is 106 cm³/mol.